The molecule has 3 aromatic carbocycles. The summed E-state index contributed by atoms with van der Waals surface area (Å²) in [6, 6.07) is 23.1. The van der Waals surface area contributed by atoms with Crippen LogP contribution in [0.3, 0.4) is 0 Å². The van der Waals surface area contributed by atoms with Gasteiger partial charge in [0.15, 0.2) is 0 Å². The number of hydrogen-bond acceptors (Lipinski definition) is 5. The van der Waals surface area contributed by atoms with Gasteiger partial charge in [0.1, 0.15) is 18.9 Å². The molecule has 0 saturated carbocycles. The monoisotopic (exact) mass is 561 g/mol. The highest BCUT2D eigenvalue weighted by Crippen LogP contribution is 2.38. The number of ether oxygens (including phenoxy) is 1. The van der Waals surface area contributed by atoms with Crippen molar-refractivity contribution in [2.45, 2.75) is 25.9 Å². The minimum absolute atomic E-state index is 0. The summed E-state index contributed by atoms with van der Waals surface area (Å²) >= 11 is 5.46. The molecule has 0 fully saturated rings. The van der Waals surface area contributed by atoms with E-state index in [0.29, 0.717) is 13.2 Å². The smallest absolute Gasteiger partial charge is 0.119 e. The maximum atomic E-state index is 6.12. The molecule has 1 aromatic heterocycles. The van der Waals surface area contributed by atoms with Crippen LogP contribution in [-0.2, 0) is 6.61 Å². The number of benzene rings is 3. The van der Waals surface area contributed by atoms with E-state index in [1.807, 2.05) is 25.1 Å². The van der Waals surface area contributed by atoms with Crippen molar-refractivity contribution in [2.75, 3.05) is 6.54 Å². The number of nitrogens with zero attached hydrogens (tertiary/aromatic N) is 3. The Balaban J connectivity index is 0.00000289. The molecular weight excluding hydrogens is 538 g/mol. The number of halogens is 1. The molecule has 0 spiro atoms. The largest absolute Gasteiger partial charge is 0.489 e. The van der Waals surface area contributed by atoms with Crippen LogP contribution in [0.4, 0.5) is 0 Å². The molecule has 0 saturated heterocycles. The fourth-order valence-electron chi connectivity index (χ4n) is 4.02. The van der Waals surface area contributed by atoms with E-state index in [4.69, 9.17) is 4.74 Å². The topological polar surface area (TPSA) is 46.3 Å². The lowest BCUT2D eigenvalue weighted by atomic mass is 9.94. The highest BCUT2D eigenvalue weighted by atomic mass is 79.9. The maximum absolute atomic E-state index is 6.12. The van der Waals surface area contributed by atoms with Gasteiger partial charge in [0.05, 0.1) is 11.6 Å². The second-order valence-corrected chi connectivity index (χ2v) is 9.79. The molecular formula is C28H24BrN3OS2. The van der Waals surface area contributed by atoms with E-state index in [2.05, 4.69) is 97.1 Å². The quantitative estimate of drug-likeness (QED) is 0.209. The molecule has 176 valence electrons. The number of fused-ring (bicyclic) bond motifs is 1. The van der Waals surface area contributed by atoms with Crippen LogP contribution in [0, 0.1) is 11.8 Å². The normalized spacial score (nSPS) is 13.0. The Bertz CT molecular complexity index is 1450. The van der Waals surface area contributed by atoms with Gasteiger partial charge >= 0.3 is 0 Å². The summed E-state index contributed by atoms with van der Waals surface area (Å²) in [7, 11) is 0. The lowest BCUT2D eigenvalue weighted by Gasteiger charge is -2.12. The van der Waals surface area contributed by atoms with Crippen LogP contribution in [0.1, 0.15) is 30.4 Å². The summed E-state index contributed by atoms with van der Waals surface area (Å²) < 4.78 is 8.50. The van der Waals surface area contributed by atoms with Gasteiger partial charge in [-0.2, -0.15) is 18.6 Å². The maximum Gasteiger partial charge on any atom is 0.119 e. The predicted molar refractivity (Wildman–Crippen MR) is 154 cm³/mol. The zero-order valence-electron chi connectivity index (χ0n) is 19.2. The van der Waals surface area contributed by atoms with Gasteiger partial charge in [0.2, 0.25) is 0 Å². The van der Waals surface area contributed by atoms with Gasteiger partial charge in [-0.15, -0.1) is 22.4 Å². The van der Waals surface area contributed by atoms with Crippen LogP contribution < -0.4 is 4.74 Å². The van der Waals surface area contributed by atoms with Gasteiger partial charge in [-0.05, 0) is 64.5 Å². The van der Waals surface area contributed by atoms with Crippen molar-refractivity contribution in [3.05, 3.63) is 87.7 Å². The second kappa shape index (κ2) is 11.7. The van der Waals surface area contributed by atoms with E-state index in [9.17, 15) is 0 Å². The van der Waals surface area contributed by atoms with E-state index < -0.39 is 0 Å². The summed E-state index contributed by atoms with van der Waals surface area (Å²) in [6.07, 6.45) is 0.745. The van der Waals surface area contributed by atoms with Crippen molar-refractivity contribution in [1.82, 2.24) is 0 Å². The summed E-state index contributed by atoms with van der Waals surface area (Å²) in [5, 5.41) is 15.2. The first-order valence-electron chi connectivity index (χ1n) is 11.0. The van der Waals surface area contributed by atoms with Crippen molar-refractivity contribution >= 4 is 56.6 Å². The van der Waals surface area contributed by atoms with E-state index >= 15 is 0 Å². The van der Waals surface area contributed by atoms with Gasteiger partial charge in [-0.25, -0.2) is 0 Å². The third kappa shape index (κ3) is 5.84. The van der Waals surface area contributed by atoms with Crippen molar-refractivity contribution in [1.29, 1.82) is 0 Å². The predicted octanol–water partition coefficient (Wildman–Crippen LogP) is 8.34. The highest BCUT2D eigenvalue weighted by Gasteiger charge is 2.15. The molecule has 0 radical (unpaired) electrons. The molecule has 0 amide bonds. The first-order chi connectivity index (χ1) is 16.7. The van der Waals surface area contributed by atoms with Crippen LogP contribution in [0.5, 0.6) is 5.75 Å². The highest BCUT2D eigenvalue weighted by molar-refractivity contribution is 9.10. The number of rotatable bonds is 7. The molecule has 0 aliphatic carbocycles. The van der Waals surface area contributed by atoms with Gasteiger partial charge in [-0.1, -0.05) is 58.2 Å². The van der Waals surface area contributed by atoms with E-state index in [1.165, 1.54) is 21.2 Å². The third-order valence-corrected chi connectivity index (χ3v) is 7.41. The fraction of sp³-hybridized carbons (Fsp3) is 0.179. The van der Waals surface area contributed by atoms with Gasteiger partial charge in [-0.3, -0.25) is 0 Å². The van der Waals surface area contributed by atoms with Crippen molar-refractivity contribution < 1.29 is 4.74 Å². The Morgan fingerprint density at radius 2 is 1.89 bits per heavy atom. The molecule has 7 heteroatoms. The van der Waals surface area contributed by atoms with Crippen LogP contribution in [0.15, 0.2) is 92.0 Å². The molecule has 35 heavy (non-hydrogen) atoms. The van der Waals surface area contributed by atoms with Crippen molar-refractivity contribution in [3.63, 3.8) is 0 Å². The minimum atomic E-state index is 0. The van der Waals surface area contributed by atoms with E-state index in [0.717, 1.165) is 33.5 Å². The average Bonchev–Trinajstić information content (AvgIpc) is 3.53. The molecule has 1 atom stereocenters. The summed E-state index contributed by atoms with van der Waals surface area (Å²) in [5.41, 5.74) is 5.71. The van der Waals surface area contributed by atoms with Crippen LogP contribution in [-0.4, -0.2) is 12.3 Å². The third-order valence-electron chi connectivity index (χ3n) is 5.75. The van der Waals surface area contributed by atoms with Crippen LogP contribution in [0.25, 0.3) is 21.2 Å². The Labute approximate surface area is 224 Å². The molecule has 0 unspecified atom stereocenters. The fourth-order valence-corrected chi connectivity index (χ4v) is 5.46. The second-order valence-electron chi connectivity index (χ2n) is 8.02. The lowest BCUT2D eigenvalue weighted by molar-refractivity contribution is 0.306. The zero-order valence-corrected chi connectivity index (χ0v) is 22.6. The number of hydrogen-bond donors (Lipinski definition) is 0. The zero-order chi connectivity index (χ0) is 23.3. The standard InChI is InChI=1S/C28H22BrN3OS.H2S/c1-2-5-21(15-22-16-30-32-31-22)20-9-11-23(12-10-20)33-17-19-8-13-28-25(14-19)26(18-34-28)24-6-3-4-7-27(24)29;/h3-4,6-14,18,21H,15-17H2,1H3;1H2/t21-;/m0./s1. The molecule has 4 nitrogen and oxygen atoms in total. The van der Waals surface area contributed by atoms with Crippen LogP contribution >= 0.6 is 40.8 Å². The first-order valence-corrected chi connectivity index (χ1v) is 12.7. The molecule has 1 aliphatic rings. The molecule has 2 heterocycles. The Morgan fingerprint density at radius 1 is 1.06 bits per heavy atom. The van der Waals surface area contributed by atoms with Crippen LogP contribution in [0.2, 0.25) is 0 Å². The van der Waals surface area contributed by atoms with Gasteiger partial charge < -0.3 is 4.74 Å². The van der Waals surface area contributed by atoms with Crippen molar-refractivity contribution in [3.8, 4) is 28.7 Å². The molecule has 0 bridgehead atoms. The van der Waals surface area contributed by atoms with Crippen molar-refractivity contribution in [2.24, 2.45) is 15.4 Å². The lowest BCUT2D eigenvalue weighted by Crippen LogP contribution is -2.07. The first kappa shape index (κ1) is 25.2. The molecule has 5 rings (SSSR count). The molecule has 0 N–H and O–H groups in total. The number of thiophene rings is 1. The summed E-state index contributed by atoms with van der Waals surface area (Å²) in [6.45, 7) is 2.95. The Hall–Kier alpha value is -2.92. The molecule has 4 aromatic rings. The SMILES string of the molecule is CC#C[C@@H](CC1=NN=NC1)c1ccc(OCc2ccc3scc(-c4ccccc4Br)c3c2)cc1.S. The van der Waals surface area contributed by atoms with E-state index in [-0.39, 0.29) is 19.4 Å². The van der Waals surface area contributed by atoms with E-state index in [1.54, 1.807) is 11.3 Å². The average molecular weight is 563 g/mol. The Kier molecular flexibility index (Phi) is 8.40. The summed E-state index contributed by atoms with van der Waals surface area (Å²) in [4.78, 5) is 0. The summed E-state index contributed by atoms with van der Waals surface area (Å²) in [5.74, 6) is 7.24. The Morgan fingerprint density at radius 3 is 2.63 bits per heavy atom. The van der Waals surface area contributed by atoms with Gasteiger partial charge in [0, 0.05) is 26.5 Å². The van der Waals surface area contributed by atoms with Gasteiger partial charge in [0.25, 0.3) is 0 Å². The minimum Gasteiger partial charge on any atom is -0.489 e. The molecule has 1 aliphatic heterocycles.